The fourth-order valence-corrected chi connectivity index (χ4v) is 4.19. The first kappa shape index (κ1) is 23.7. The highest BCUT2D eigenvalue weighted by Gasteiger charge is 2.21. The number of benzene rings is 2. The Morgan fingerprint density at radius 1 is 1.09 bits per heavy atom. The summed E-state index contributed by atoms with van der Waals surface area (Å²) in [5, 5.41) is 6.94. The second-order valence-electron chi connectivity index (χ2n) is 8.32. The number of aryl methyl sites for hydroxylation is 1. The van der Waals surface area contributed by atoms with Crippen LogP contribution in [0.5, 0.6) is 0 Å². The van der Waals surface area contributed by atoms with Gasteiger partial charge in [-0.05, 0) is 47.6 Å². The van der Waals surface area contributed by atoms with Gasteiger partial charge in [0.15, 0.2) is 0 Å². The third-order valence-electron chi connectivity index (χ3n) is 6.24. The maximum absolute atomic E-state index is 13.4. The summed E-state index contributed by atoms with van der Waals surface area (Å²) < 4.78 is 5.28. The molecule has 0 radical (unpaired) electrons. The summed E-state index contributed by atoms with van der Waals surface area (Å²) in [6, 6.07) is 14.8. The number of Topliss-reactive ketones (excluding diaryl/α,β-unsaturated/α-hetero) is 1. The molecule has 5 heteroatoms. The second-order valence-corrected chi connectivity index (χ2v) is 8.32. The number of ether oxygens (including phenoxy) is 1. The average Bonchev–Trinajstić information content (AvgIpc) is 3.36. The van der Waals surface area contributed by atoms with Crippen molar-refractivity contribution in [3.05, 3.63) is 71.5 Å². The number of likely N-dealkylation sites (N-methyl/N-ethyl adjacent to an activating group) is 1. The summed E-state index contributed by atoms with van der Waals surface area (Å²) in [7, 11) is 3.76. The Labute approximate surface area is 191 Å². The van der Waals surface area contributed by atoms with Crippen LogP contribution in [0.2, 0.25) is 0 Å². The number of nitrogens with zero attached hydrogens (tertiary/aromatic N) is 2. The summed E-state index contributed by atoms with van der Waals surface area (Å²) in [5.74, 6) is 0.323. The Morgan fingerprint density at radius 3 is 2.53 bits per heavy atom. The number of carbonyl (C=O) groups is 1. The largest absolute Gasteiger partial charge is 0.383 e. The smallest absolute Gasteiger partial charge is 0.140 e. The first-order valence-electron chi connectivity index (χ1n) is 11.5. The van der Waals surface area contributed by atoms with Crippen LogP contribution in [-0.2, 0) is 28.8 Å². The van der Waals surface area contributed by atoms with Crippen molar-refractivity contribution in [2.75, 3.05) is 32.2 Å². The van der Waals surface area contributed by atoms with Gasteiger partial charge in [0, 0.05) is 50.5 Å². The van der Waals surface area contributed by atoms with Gasteiger partial charge >= 0.3 is 0 Å². The lowest BCUT2D eigenvalue weighted by atomic mass is 9.87. The molecule has 3 aromatic rings. The maximum atomic E-state index is 13.4. The third kappa shape index (κ3) is 5.86. The number of aromatic amines is 1. The fourth-order valence-electron chi connectivity index (χ4n) is 4.19. The van der Waals surface area contributed by atoms with Gasteiger partial charge in [0.2, 0.25) is 0 Å². The van der Waals surface area contributed by atoms with Crippen molar-refractivity contribution in [1.82, 2.24) is 10.2 Å². The summed E-state index contributed by atoms with van der Waals surface area (Å²) in [6.45, 7) is 5.68. The van der Waals surface area contributed by atoms with Gasteiger partial charge in [0.25, 0.3) is 0 Å². The molecule has 2 aromatic carbocycles. The van der Waals surface area contributed by atoms with Gasteiger partial charge in [-0.1, -0.05) is 50.2 Å². The van der Waals surface area contributed by atoms with Gasteiger partial charge in [-0.2, -0.15) is 5.10 Å². The van der Waals surface area contributed by atoms with E-state index in [0.29, 0.717) is 18.8 Å². The van der Waals surface area contributed by atoms with Gasteiger partial charge in [0.1, 0.15) is 5.78 Å². The zero-order valence-electron chi connectivity index (χ0n) is 19.7. The molecule has 0 aliphatic carbocycles. The normalized spacial score (nSPS) is 12.0. The molecule has 0 saturated carbocycles. The number of anilines is 1. The standard InChI is InChI=1S/C27H35N3O2/c1-5-20-9-7-8-10-22(20)15-21(6-2)27(31)17-24-12-11-23(25-18-28-29-19-25)16-26(24)30(3)13-14-32-4/h7-12,16,18-19,21H,5-6,13-15,17H2,1-4H3,(H,28,29). The Hall–Kier alpha value is -2.92. The van der Waals surface area contributed by atoms with E-state index in [1.165, 1.54) is 11.1 Å². The van der Waals surface area contributed by atoms with Crippen molar-refractivity contribution in [1.29, 1.82) is 0 Å². The molecule has 0 amide bonds. The van der Waals surface area contributed by atoms with Crippen LogP contribution >= 0.6 is 0 Å². The second kappa shape index (κ2) is 11.6. The molecule has 32 heavy (non-hydrogen) atoms. The molecule has 0 fully saturated rings. The average molecular weight is 434 g/mol. The molecule has 3 rings (SSSR count). The molecule has 1 unspecified atom stereocenters. The molecule has 0 bridgehead atoms. The lowest BCUT2D eigenvalue weighted by molar-refractivity contribution is -0.122. The van der Waals surface area contributed by atoms with Crippen LogP contribution in [0, 0.1) is 5.92 Å². The maximum Gasteiger partial charge on any atom is 0.140 e. The highest BCUT2D eigenvalue weighted by molar-refractivity contribution is 5.86. The van der Waals surface area contributed by atoms with Crippen LogP contribution in [0.25, 0.3) is 11.1 Å². The number of aromatic nitrogens is 2. The van der Waals surface area contributed by atoms with Gasteiger partial charge in [-0.15, -0.1) is 0 Å². The Morgan fingerprint density at radius 2 is 1.88 bits per heavy atom. The van der Waals surface area contributed by atoms with Gasteiger partial charge in [-0.25, -0.2) is 0 Å². The van der Waals surface area contributed by atoms with E-state index in [-0.39, 0.29) is 5.92 Å². The van der Waals surface area contributed by atoms with Crippen molar-refractivity contribution >= 4 is 11.5 Å². The van der Waals surface area contributed by atoms with Crippen LogP contribution in [-0.4, -0.2) is 43.3 Å². The molecular weight excluding hydrogens is 398 g/mol. The summed E-state index contributed by atoms with van der Waals surface area (Å²) in [6.07, 6.45) is 6.78. The molecule has 1 N–H and O–H groups in total. The zero-order chi connectivity index (χ0) is 22.9. The van der Waals surface area contributed by atoms with E-state index in [0.717, 1.165) is 48.2 Å². The number of ketones is 1. The van der Waals surface area contributed by atoms with Crippen LogP contribution in [0.4, 0.5) is 5.69 Å². The quantitative estimate of drug-likeness (QED) is 0.432. The number of H-pyrrole nitrogens is 1. The van der Waals surface area contributed by atoms with E-state index in [1.54, 1.807) is 7.11 Å². The number of methoxy groups -OCH3 is 1. The molecule has 0 aliphatic rings. The van der Waals surface area contributed by atoms with Crippen LogP contribution < -0.4 is 4.90 Å². The van der Waals surface area contributed by atoms with E-state index in [1.807, 2.05) is 12.4 Å². The first-order valence-corrected chi connectivity index (χ1v) is 11.5. The van der Waals surface area contributed by atoms with Crippen molar-refractivity contribution in [2.45, 2.75) is 39.5 Å². The van der Waals surface area contributed by atoms with Crippen molar-refractivity contribution in [2.24, 2.45) is 5.92 Å². The topological polar surface area (TPSA) is 58.2 Å². The highest BCUT2D eigenvalue weighted by Crippen LogP contribution is 2.29. The SMILES string of the molecule is CCc1ccccc1CC(CC)C(=O)Cc1ccc(-c2cn[nH]c2)cc1N(C)CCOC. The van der Waals surface area contributed by atoms with Crippen LogP contribution in [0.15, 0.2) is 54.9 Å². The molecule has 0 spiro atoms. The number of nitrogens with one attached hydrogen (secondary N) is 1. The van der Waals surface area contributed by atoms with Crippen molar-refractivity contribution in [3.8, 4) is 11.1 Å². The minimum absolute atomic E-state index is 0.0216. The number of carbonyl (C=O) groups excluding carboxylic acids is 1. The predicted octanol–water partition coefficient (Wildman–Crippen LogP) is 5.10. The molecule has 0 aliphatic heterocycles. The first-order chi connectivity index (χ1) is 15.6. The summed E-state index contributed by atoms with van der Waals surface area (Å²) >= 11 is 0. The third-order valence-corrected chi connectivity index (χ3v) is 6.24. The van der Waals surface area contributed by atoms with E-state index >= 15 is 0 Å². The molecule has 1 atom stereocenters. The minimum atomic E-state index is 0.0216. The van der Waals surface area contributed by atoms with E-state index < -0.39 is 0 Å². The summed E-state index contributed by atoms with van der Waals surface area (Å²) in [5.41, 5.74) is 6.87. The van der Waals surface area contributed by atoms with Gasteiger partial charge in [0.05, 0.1) is 12.8 Å². The predicted molar refractivity (Wildman–Crippen MR) is 131 cm³/mol. The molecular formula is C27H35N3O2. The van der Waals surface area contributed by atoms with Crippen LogP contribution in [0.3, 0.4) is 0 Å². The molecule has 170 valence electrons. The lowest BCUT2D eigenvalue weighted by Gasteiger charge is -2.24. The fraction of sp³-hybridized carbons (Fsp3) is 0.407. The zero-order valence-corrected chi connectivity index (χ0v) is 19.7. The molecule has 1 aromatic heterocycles. The number of rotatable bonds is 12. The van der Waals surface area contributed by atoms with Crippen molar-refractivity contribution in [3.63, 3.8) is 0 Å². The minimum Gasteiger partial charge on any atom is -0.383 e. The molecule has 5 nitrogen and oxygen atoms in total. The summed E-state index contributed by atoms with van der Waals surface area (Å²) in [4.78, 5) is 15.6. The molecule has 0 saturated heterocycles. The van der Waals surface area contributed by atoms with Gasteiger partial charge in [-0.3, -0.25) is 9.89 Å². The van der Waals surface area contributed by atoms with Crippen molar-refractivity contribution < 1.29 is 9.53 Å². The number of hydrogen-bond acceptors (Lipinski definition) is 4. The van der Waals surface area contributed by atoms with Crippen LogP contribution in [0.1, 0.15) is 37.0 Å². The monoisotopic (exact) mass is 433 g/mol. The highest BCUT2D eigenvalue weighted by atomic mass is 16.5. The Bertz CT molecular complexity index is 998. The lowest BCUT2D eigenvalue weighted by Crippen LogP contribution is -2.25. The Balaban J connectivity index is 1.84. The Kier molecular flexibility index (Phi) is 8.63. The van der Waals surface area contributed by atoms with E-state index in [9.17, 15) is 4.79 Å². The van der Waals surface area contributed by atoms with E-state index in [2.05, 4.69) is 78.5 Å². The molecule has 1 heterocycles. The number of hydrogen-bond donors (Lipinski definition) is 1. The van der Waals surface area contributed by atoms with Gasteiger partial charge < -0.3 is 9.64 Å². The van der Waals surface area contributed by atoms with E-state index in [4.69, 9.17) is 4.74 Å².